The van der Waals surface area contributed by atoms with E-state index in [4.69, 9.17) is 16.3 Å². The fourth-order valence-corrected chi connectivity index (χ4v) is 4.28. The first-order valence-electron chi connectivity index (χ1n) is 10.7. The van der Waals surface area contributed by atoms with Gasteiger partial charge in [-0.2, -0.15) is 0 Å². The Morgan fingerprint density at radius 1 is 1.16 bits per heavy atom. The molecule has 0 unspecified atom stereocenters. The second-order valence-corrected chi connectivity index (χ2v) is 9.08. The number of carbonyl (C=O) groups excluding carboxylic acids is 3. The minimum atomic E-state index is -1.15. The van der Waals surface area contributed by atoms with E-state index in [1.54, 1.807) is 56.3 Å². The first-order valence-corrected chi connectivity index (χ1v) is 11.1. The molecule has 0 aromatic heterocycles. The molecule has 2 aliphatic rings. The number of para-hydroxylation sites is 1. The van der Waals surface area contributed by atoms with Gasteiger partial charge in [0.05, 0.1) is 16.4 Å². The van der Waals surface area contributed by atoms with E-state index in [0.717, 1.165) is 25.7 Å². The first kappa shape index (κ1) is 22.1. The molecule has 2 N–H and O–H groups in total. The number of fused-ring (bicyclic) bond motifs is 1. The first-order chi connectivity index (χ1) is 15.2. The monoisotopic (exact) mass is 455 g/mol. The van der Waals surface area contributed by atoms with E-state index in [0.29, 0.717) is 27.7 Å². The van der Waals surface area contributed by atoms with E-state index in [2.05, 4.69) is 10.6 Å². The van der Waals surface area contributed by atoms with Gasteiger partial charge in [-0.15, -0.1) is 0 Å². The van der Waals surface area contributed by atoms with Crippen molar-refractivity contribution in [1.29, 1.82) is 0 Å². The number of carbonyl (C=O) groups is 3. The normalized spacial score (nSPS) is 17.5. The Morgan fingerprint density at radius 2 is 1.88 bits per heavy atom. The van der Waals surface area contributed by atoms with Gasteiger partial charge in [-0.05, 0) is 57.0 Å². The molecule has 0 spiro atoms. The predicted octanol–water partition coefficient (Wildman–Crippen LogP) is 4.16. The minimum Gasteiger partial charge on any atom is -0.476 e. The Morgan fingerprint density at radius 3 is 2.59 bits per heavy atom. The molecule has 1 aliphatic heterocycles. The number of hydrogen-bond donors (Lipinski definition) is 2. The van der Waals surface area contributed by atoms with Crippen molar-refractivity contribution in [3.05, 3.63) is 53.1 Å². The Labute approximate surface area is 192 Å². The smallest absolute Gasteiger partial charge is 0.271 e. The lowest BCUT2D eigenvalue weighted by molar-refractivity contribution is -0.133. The maximum absolute atomic E-state index is 13.1. The zero-order valence-corrected chi connectivity index (χ0v) is 18.9. The van der Waals surface area contributed by atoms with Crippen molar-refractivity contribution in [2.45, 2.75) is 51.2 Å². The third-order valence-corrected chi connectivity index (χ3v) is 6.11. The summed E-state index contributed by atoms with van der Waals surface area (Å²) in [5, 5.41) is 6.19. The number of halogens is 1. The highest BCUT2D eigenvalue weighted by Crippen LogP contribution is 2.38. The molecular weight excluding hydrogens is 430 g/mol. The van der Waals surface area contributed by atoms with E-state index < -0.39 is 11.5 Å². The molecule has 32 heavy (non-hydrogen) atoms. The van der Waals surface area contributed by atoms with Crippen LogP contribution < -0.4 is 20.3 Å². The van der Waals surface area contributed by atoms with Gasteiger partial charge in [0, 0.05) is 11.6 Å². The third-order valence-electron chi connectivity index (χ3n) is 5.78. The summed E-state index contributed by atoms with van der Waals surface area (Å²) in [6, 6.07) is 12.0. The number of ether oxygens (including phenoxy) is 1. The molecule has 0 atom stereocenters. The predicted molar refractivity (Wildman–Crippen MR) is 123 cm³/mol. The highest BCUT2D eigenvalue weighted by atomic mass is 35.5. The maximum atomic E-state index is 13.1. The van der Waals surface area contributed by atoms with Gasteiger partial charge < -0.3 is 15.4 Å². The molecule has 1 heterocycles. The number of amides is 3. The van der Waals surface area contributed by atoms with Crippen LogP contribution in [-0.2, 0) is 9.59 Å². The summed E-state index contributed by atoms with van der Waals surface area (Å²) < 4.78 is 5.87. The Hall–Kier alpha value is -3.06. The lowest BCUT2D eigenvalue weighted by Crippen LogP contribution is -2.54. The number of anilines is 2. The second kappa shape index (κ2) is 8.82. The molecule has 2 aromatic carbocycles. The van der Waals surface area contributed by atoms with Gasteiger partial charge in [0.2, 0.25) is 5.91 Å². The van der Waals surface area contributed by atoms with Gasteiger partial charge >= 0.3 is 0 Å². The van der Waals surface area contributed by atoms with E-state index in [9.17, 15) is 14.4 Å². The quantitative estimate of drug-likeness (QED) is 0.708. The van der Waals surface area contributed by atoms with Crippen molar-refractivity contribution < 1.29 is 19.1 Å². The molecule has 8 heteroatoms. The zero-order chi connectivity index (χ0) is 22.9. The van der Waals surface area contributed by atoms with Crippen LogP contribution >= 0.6 is 11.6 Å². The van der Waals surface area contributed by atoms with Crippen LogP contribution in [0.5, 0.6) is 5.75 Å². The number of benzene rings is 2. The maximum Gasteiger partial charge on any atom is 0.271 e. The van der Waals surface area contributed by atoms with Crippen molar-refractivity contribution in [3.63, 3.8) is 0 Å². The zero-order valence-electron chi connectivity index (χ0n) is 18.1. The summed E-state index contributed by atoms with van der Waals surface area (Å²) in [4.78, 5) is 40.0. The molecule has 1 fully saturated rings. The highest BCUT2D eigenvalue weighted by molar-refractivity contribution is 6.33. The van der Waals surface area contributed by atoms with Crippen LogP contribution in [-0.4, -0.2) is 35.9 Å². The summed E-state index contributed by atoms with van der Waals surface area (Å²) in [5.41, 5.74) is 0.126. The van der Waals surface area contributed by atoms with E-state index in [1.165, 1.54) is 4.90 Å². The molecule has 2 aromatic rings. The molecular formula is C24H26ClN3O4. The van der Waals surface area contributed by atoms with Crippen LogP contribution in [0, 0.1) is 0 Å². The number of rotatable bonds is 5. The van der Waals surface area contributed by atoms with Crippen LogP contribution in [0.1, 0.15) is 49.9 Å². The van der Waals surface area contributed by atoms with Gasteiger partial charge in [0.1, 0.15) is 12.3 Å². The summed E-state index contributed by atoms with van der Waals surface area (Å²) >= 11 is 6.13. The van der Waals surface area contributed by atoms with Crippen LogP contribution in [0.3, 0.4) is 0 Å². The topological polar surface area (TPSA) is 87.7 Å². The summed E-state index contributed by atoms with van der Waals surface area (Å²) in [7, 11) is 0. The molecule has 0 bridgehead atoms. The van der Waals surface area contributed by atoms with E-state index in [-0.39, 0.29) is 24.4 Å². The Kier molecular flexibility index (Phi) is 6.11. The minimum absolute atomic E-state index is 0.174. The van der Waals surface area contributed by atoms with Gasteiger partial charge in [-0.1, -0.05) is 36.6 Å². The number of hydrogen-bond acceptors (Lipinski definition) is 4. The molecule has 3 amide bonds. The van der Waals surface area contributed by atoms with E-state index in [1.807, 2.05) is 0 Å². The summed E-state index contributed by atoms with van der Waals surface area (Å²) in [6.45, 7) is 3.06. The lowest BCUT2D eigenvalue weighted by atomic mass is 10.0. The summed E-state index contributed by atoms with van der Waals surface area (Å²) in [5.74, 6) is -0.529. The molecule has 168 valence electrons. The average molecular weight is 456 g/mol. The van der Waals surface area contributed by atoms with Gasteiger partial charge in [-0.3, -0.25) is 19.3 Å². The lowest BCUT2D eigenvalue weighted by Gasteiger charge is -2.38. The Balaban J connectivity index is 1.58. The number of nitrogens with one attached hydrogen (secondary N) is 2. The molecule has 7 nitrogen and oxygen atoms in total. The van der Waals surface area contributed by atoms with Gasteiger partial charge in [0.15, 0.2) is 5.60 Å². The van der Waals surface area contributed by atoms with Crippen molar-refractivity contribution in [1.82, 2.24) is 5.32 Å². The largest absolute Gasteiger partial charge is 0.476 e. The standard InChI is InChI=1S/C24H26ClN3O4/c1-24(2)23(31)28(14-21(29)27-18-10-6-5-9-17(18)25)19-13-15(11-12-20(19)32-24)22(30)26-16-7-3-4-8-16/h5-6,9-13,16H,3-4,7-8,14H2,1-2H3,(H,26,30)(H,27,29). The third kappa shape index (κ3) is 4.58. The summed E-state index contributed by atoms with van der Waals surface area (Å²) in [6.07, 6.45) is 4.17. The van der Waals surface area contributed by atoms with Crippen molar-refractivity contribution in [2.75, 3.05) is 16.8 Å². The van der Waals surface area contributed by atoms with Crippen LogP contribution in [0.4, 0.5) is 11.4 Å². The van der Waals surface area contributed by atoms with Crippen molar-refractivity contribution in [2.24, 2.45) is 0 Å². The second-order valence-electron chi connectivity index (χ2n) is 8.67. The fourth-order valence-electron chi connectivity index (χ4n) is 4.10. The molecule has 1 saturated carbocycles. The Bertz CT molecular complexity index is 1060. The van der Waals surface area contributed by atoms with E-state index >= 15 is 0 Å². The molecule has 1 aliphatic carbocycles. The molecule has 0 saturated heterocycles. The van der Waals surface area contributed by atoms with Crippen LogP contribution in [0.15, 0.2) is 42.5 Å². The number of nitrogens with zero attached hydrogens (tertiary/aromatic N) is 1. The van der Waals surface area contributed by atoms with Crippen molar-refractivity contribution >= 4 is 40.7 Å². The SMILES string of the molecule is CC1(C)Oc2ccc(C(=O)NC3CCCC3)cc2N(CC(=O)Nc2ccccc2Cl)C1=O. The average Bonchev–Trinajstić information content (AvgIpc) is 3.25. The van der Waals surface area contributed by atoms with Crippen molar-refractivity contribution in [3.8, 4) is 5.75 Å². The van der Waals surface area contributed by atoms with Crippen LogP contribution in [0.25, 0.3) is 0 Å². The highest BCUT2D eigenvalue weighted by Gasteiger charge is 2.42. The molecule has 4 rings (SSSR count). The fraction of sp³-hybridized carbons (Fsp3) is 0.375. The van der Waals surface area contributed by atoms with Crippen LogP contribution in [0.2, 0.25) is 5.02 Å². The van der Waals surface area contributed by atoms with Gasteiger partial charge in [-0.25, -0.2) is 0 Å². The molecule has 0 radical (unpaired) electrons. The van der Waals surface area contributed by atoms with Gasteiger partial charge in [0.25, 0.3) is 11.8 Å².